The van der Waals surface area contributed by atoms with E-state index < -0.39 is 148 Å². The van der Waals surface area contributed by atoms with Gasteiger partial charge in [-0.05, 0) is 12.8 Å². The number of carbonyl (C=O) groups is 3. The van der Waals surface area contributed by atoms with Crippen molar-refractivity contribution < 1.29 is 104 Å². The minimum Gasteiger partial charge on any atom is -0.477 e. The van der Waals surface area contributed by atoms with Crippen molar-refractivity contribution in [1.82, 2.24) is 10.6 Å². The normalized spacial score (nSPS) is 28.7. The van der Waals surface area contributed by atoms with Gasteiger partial charge in [-0.3, -0.25) is 9.59 Å². The van der Waals surface area contributed by atoms with Crippen LogP contribution in [0.1, 0.15) is 265 Å². The fourth-order valence-electron chi connectivity index (χ4n) is 12.5. The molecule has 23 nitrogen and oxygen atoms in total. The molecule has 2 amide bonds. The fourth-order valence-corrected chi connectivity index (χ4v) is 12.5. The van der Waals surface area contributed by atoms with Crippen LogP contribution in [0.2, 0.25) is 0 Å². The molecule has 0 aromatic carbocycles. The number of aliphatic hydroxyl groups is 11. The van der Waals surface area contributed by atoms with Gasteiger partial charge in [0.2, 0.25) is 11.8 Å². The van der Waals surface area contributed by atoms with E-state index in [4.69, 9.17) is 28.4 Å². The third kappa shape index (κ3) is 30.3. The summed E-state index contributed by atoms with van der Waals surface area (Å²) in [5.74, 6) is -6.10. The highest BCUT2D eigenvalue weighted by atomic mass is 16.8. The van der Waals surface area contributed by atoms with E-state index in [1.54, 1.807) is 0 Å². The number of rotatable bonds is 53. The van der Waals surface area contributed by atoms with E-state index in [9.17, 15) is 75.7 Å². The van der Waals surface area contributed by atoms with Crippen molar-refractivity contribution in [1.29, 1.82) is 0 Å². The summed E-state index contributed by atoms with van der Waals surface area (Å²) in [7, 11) is 0. The summed E-state index contributed by atoms with van der Waals surface area (Å²) < 4.78 is 34.8. The number of aliphatic carboxylic acids is 1. The molecular formula is C66H124N2O21. The zero-order valence-corrected chi connectivity index (χ0v) is 54.6. The van der Waals surface area contributed by atoms with Crippen molar-refractivity contribution in [3.05, 3.63) is 0 Å². The van der Waals surface area contributed by atoms with Crippen molar-refractivity contribution in [3.8, 4) is 0 Å². The van der Waals surface area contributed by atoms with Crippen LogP contribution in [0, 0.1) is 0 Å². The third-order valence-electron chi connectivity index (χ3n) is 18.1. The summed E-state index contributed by atoms with van der Waals surface area (Å²) >= 11 is 0. The Morgan fingerprint density at radius 1 is 0.539 bits per heavy atom. The number of unbranched alkanes of at least 4 members (excludes halogenated alkanes) is 33. The molecule has 0 aromatic heterocycles. The lowest BCUT2D eigenvalue weighted by Gasteiger charge is -2.50. The number of amides is 2. The second-order valence-corrected chi connectivity index (χ2v) is 25.8. The van der Waals surface area contributed by atoms with E-state index in [2.05, 4.69) is 24.5 Å². The molecule has 3 rings (SSSR count). The van der Waals surface area contributed by atoms with Gasteiger partial charge in [0.05, 0.1) is 50.7 Å². The summed E-state index contributed by atoms with van der Waals surface area (Å²) in [6.45, 7) is 2.19. The molecule has 89 heavy (non-hydrogen) atoms. The first-order valence-corrected chi connectivity index (χ1v) is 34.9. The molecule has 0 aliphatic carbocycles. The molecule has 23 heteroatoms. The molecular weight excluding hydrogens is 1160 g/mol. The second kappa shape index (κ2) is 47.6. The Hall–Kier alpha value is -2.27. The van der Waals surface area contributed by atoms with E-state index in [1.165, 1.54) is 161 Å². The number of ether oxygens (including phenoxy) is 6. The van der Waals surface area contributed by atoms with Gasteiger partial charge in [-0.2, -0.15) is 0 Å². The standard InChI is InChI=1S/C66H124N2O21/c1-4-6-8-10-12-14-16-17-18-19-20-21-22-23-24-25-26-27-28-29-30-31-33-35-37-39-48(73)47(68-53(76)40-38-36-34-32-15-13-11-9-7-5-2)45-84-63-58(80)57(79)60(52(44-71)86-63)87-64-59(81)62(56(78)51(43-70)85-64)89-66(65(82)83)41-49(74)54(67-46(3)72)61(88-66)55(77)50(75)42-69/h47-52,54-64,69-71,73-75,77-81H,4-45H2,1-3H3,(H,67,72)(H,68,76)(H,82,83). The SMILES string of the molecule is CCCCCCCCCCCCCCCCCCCCCCCCCCCC(O)C(COC1OC(CO)C(OC2OC(CO)C(O)C(OC3(C(=O)O)CC(O)C(NC(C)=O)C(C(O)C(O)CO)O3)C2O)C(O)C1O)NC(=O)CCCCCCCCCCCC. The van der Waals surface area contributed by atoms with E-state index in [0.29, 0.717) is 19.3 Å². The lowest BCUT2D eigenvalue weighted by molar-refractivity contribution is -0.386. The maximum atomic E-state index is 13.4. The van der Waals surface area contributed by atoms with Crippen LogP contribution >= 0.6 is 0 Å². The van der Waals surface area contributed by atoms with E-state index >= 15 is 0 Å². The number of hydrogen-bond donors (Lipinski definition) is 14. The van der Waals surface area contributed by atoms with Gasteiger partial charge in [0.1, 0.15) is 67.1 Å². The molecule has 14 N–H and O–H groups in total. The quantitative estimate of drug-likeness (QED) is 0.0305. The minimum atomic E-state index is -3.08. The molecule has 0 bridgehead atoms. The first kappa shape index (κ1) is 81.0. The fraction of sp³-hybridized carbons (Fsp3) is 0.955. The number of carboxylic acids is 1. The van der Waals surface area contributed by atoms with E-state index in [1.807, 2.05) is 0 Å². The first-order chi connectivity index (χ1) is 42.9. The maximum absolute atomic E-state index is 13.4. The predicted octanol–water partition coefficient (Wildman–Crippen LogP) is 6.12. The molecule has 3 fully saturated rings. The Morgan fingerprint density at radius 3 is 1.40 bits per heavy atom. The van der Waals surface area contributed by atoms with Gasteiger partial charge in [0.15, 0.2) is 12.6 Å². The monoisotopic (exact) mass is 1280 g/mol. The zero-order chi connectivity index (χ0) is 65.4. The number of nitrogens with one attached hydrogen (secondary N) is 2. The molecule has 524 valence electrons. The van der Waals surface area contributed by atoms with Crippen LogP contribution in [0.5, 0.6) is 0 Å². The van der Waals surface area contributed by atoms with Crippen LogP contribution < -0.4 is 10.6 Å². The molecule has 3 saturated heterocycles. The Labute approximate surface area is 531 Å². The number of aliphatic hydroxyl groups excluding tert-OH is 11. The summed E-state index contributed by atoms with van der Waals surface area (Å²) in [5, 5.41) is 136. The van der Waals surface area contributed by atoms with Gasteiger partial charge in [0.25, 0.3) is 5.79 Å². The number of hydrogen-bond acceptors (Lipinski definition) is 20. The van der Waals surface area contributed by atoms with Gasteiger partial charge in [-0.1, -0.05) is 232 Å². The molecule has 3 aliphatic rings. The Bertz CT molecular complexity index is 1810. The third-order valence-corrected chi connectivity index (χ3v) is 18.1. The molecule has 0 spiro atoms. The van der Waals surface area contributed by atoms with Gasteiger partial charge < -0.3 is 100 Å². The summed E-state index contributed by atoms with van der Waals surface area (Å²) in [6.07, 6.45) is 14.2. The second-order valence-electron chi connectivity index (χ2n) is 25.8. The first-order valence-electron chi connectivity index (χ1n) is 34.9. The van der Waals surface area contributed by atoms with Crippen LogP contribution in [0.4, 0.5) is 0 Å². The minimum absolute atomic E-state index is 0.227. The van der Waals surface area contributed by atoms with Gasteiger partial charge in [0, 0.05) is 19.8 Å². The van der Waals surface area contributed by atoms with Crippen LogP contribution in [0.3, 0.4) is 0 Å². The molecule has 18 atom stereocenters. The maximum Gasteiger partial charge on any atom is 0.364 e. The molecule has 3 aliphatic heterocycles. The van der Waals surface area contributed by atoms with Crippen molar-refractivity contribution in [3.63, 3.8) is 0 Å². The summed E-state index contributed by atoms with van der Waals surface area (Å²) in [4.78, 5) is 38.4. The molecule has 0 saturated carbocycles. The Kier molecular flexibility index (Phi) is 43.3. The smallest absolute Gasteiger partial charge is 0.364 e. The molecule has 18 unspecified atom stereocenters. The predicted molar refractivity (Wildman–Crippen MR) is 334 cm³/mol. The number of carbonyl (C=O) groups excluding carboxylic acids is 2. The van der Waals surface area contributed by atoms with E-state index in [0.717, 1.165) is 58.3 Å². The highest BCUT2D eigenvalue weighted by Crippen LogP contribution is 2.39. The Morgan fingerprint density at radius 2 is 0.978 bits per heavy atom. The van der Waals surface area contributed by atoms with Crippen molar-refractivity contribution >= 4 is 17.8 Å². The molecule has 0 aromatic rings. The van der Waals surface area contributed by atoms with Gasteiger partial charge in [-0.15, -0.1) is 0 Å². The molecule has 3 heterocycles. The highest BCUT2D eigenvalue weighted by Gasteiger charge is 2.60. The van der Waals surface area contributed by atoms with Crippen molar-refractivity contribution in [2.24, 2.45) is 0 Å². The van der Waals surface area contributed by atoms with Crippen LogP contribution in [-0.4, -0.2) is 215 Å². The number of carboxylic acid groups (broad SMARTS) is 1. The summed E-state index contributed by atoms with van der Waals surface area (Å²) in [6, 6.07) is -2.52. The molecule has 0 radical (unpaired) electrons. The van der Waals surface area contributed by atoms with Crippen LogP contribution in [0.25, 0.3) is 0 Å². The highest BCUT2D eigenvalue weighted by molar-refractivity contribution is 5.77. The average molecular weight is 1280 g/mol. The Balaban J connectivity index is 1.54. The average Bonchev–Trinajstić information content (AvgIpc) is 0.913. The summed E-state index contributed by atoms with van der Waals surface area (Å²) in [5.41, 5.74) is 0. The van der Waals surface area contributed by atoms with Crippen molar-refractivity contribution in [2.45, 2.75) is 375 Å². The van der Waals surface area contributed by atoms with Crippen LogP contribution in [0.15, 0.2) is 0 Å². The van der Waals surface area contributed by atoms with Crippen LogP contribution in [-0.2, 0) is 42.8 Å². The lowest BCUT2D eigenvalue weighted by Crippen LogP contribution is -2.70. The topological polar surface area (TPSA) is 373 Å². The van der Waals surface area contributed by atoms with Crippen molar-refractivity contribution in [2.75, 3.05) is 26.4 Å². The largest absolute Gasteiger partial charge is 0.477 e. The van der Waals surface area contributed by atoms with Gasteiger partial charge in [-0.25, -0.2) is 4.79 Å². The van der Waals surface area contributed by atoms with E-state index in [-0.39, 0.29) is 18.9 Å². The lowest BCUT2D eigenvalue weighted by atomic mass is 9.88. The van der Waals surface area contributed by atoms with Gasteiger partial charge >= 0.3 is 5.97 Å². The zero-order valence-electron chi connectivity index (χ0n) is 54.6.